The van der Waals surface area contributed by atoms with Crippen LogP contribution in [0.25, 0.3) is 0 Å². The fraction of sp³-hybridized carbons (Fsp3) is 0.444. The maximum atomic E-state index is 5.61. The van der Waals surface area contributed by atoms with Gasteiger partial charge in [-0.15, -0.1) is 0 Å². The van der Waals surface area contributed by atoms with Gasteiger partial charge in [-0.3, -0.25) is 0 Å². The Bertz CT molecular complexity index is 337. The monoisotopic (exact) mass is 209 g/mol. The van der Waals surface area contributed by atoms with Crippen molar-refractivity contribution in [2.24, 2.45) is 0 Å². The molecule has 6 heteroatoms. The molecule has 0 unspecified atom stereocenters. The molecule has 0 atom stereocenters. The van der Waals surface area contributed by atoms with Crippen molar-refractivity contribution in [3.05, 3.63) is 12.1 Å². The molecule has 6 nitrogen and oxygen atoms in total. The number of pyridine rings is 1. The molecule has 0 bridgehead atoms. The fourth-order valence-corrected chi connectivity index (χ4v) is 1.39. The second-order valence-electron chi connectivity index (χ2n) is 3.38. The van der Waals surface area contributed by atoms with E-state index in [1.54, 1.807) is 12.1 Å². The van der Waals surface area contributed by atoms with Crippen molar-refractivity contribution in [2.45, 2.75) is 0 Å². The highest BCUT2D eigenvalue weighted by atomic mass is 16.5. The normalized spacial score (nSPS) is 17.6. The lowest BCUT2D eigenvalue weighted by Gasteiger charge is -2.27. The number of rotatable bonds is 2. The predicted octanol–water partition coefficient (Wildman–Crippen LogP) is -0.0949. The molecule has 1 saturated heterocycles. The summed E-state index contributed by atoms with van der Waals surface area (Å²) < 4.78 is 5.23. The van der Waals surface area contributed by atoms with Gasteiger partial charge < -0.3 is 21.6 Å². The van der Waals surface area contributed by atoms with Gasteiger partial charge in [0.05, 0.1) is 18.9 Å². The second-order valence-corrected chi connectivity index (χ2v) is 3.38. The molecule has 1 aliphatic rings. The van der Waals surface area contributed by atoms with E-state index in [0.717, 1.165) is 26.3 Å². The van der Waals surface area contributed by atoms with Crippen molar-refractivity contribution in [2.75, 3.05) is 43.2 Å². The van der Waals surface area contributed by atoms with Crippen LogP contribution in [0.3, 0.4) is 0 Å². The summed E-state index contributed by atoms with van der Waals surface area (Å²) >= 11 is 0. The lowest BCUT2D eigenvalue weighted by atomic mass is 10.4. The molecular formula is C9H15N5O. The van der Waals surface area contributed by atoms with Crippen LogP contribution in [0, 0.1) is 0 Å². The van der Waals surface area contributed by atoms with Crippen molar-refractivity contribution in [3.8, 4) is 0 Å². The van der Waals surface area contributed by atoms with Gasteiger partial charge in [0, 0.05) is 13.1 Å². The van der Waals surface area contributed by atoms with Crippen LogP contribution in [0.2, 0.25) is 0 Å². The Morgan fingerprint density at radius 1 is 1.27 bits per heavy atom. The van der Waals surface area contributed by atoms with Gasteiger partial charge >= 0.3 is 0 Å². The first kappa shape index (κ1) is 10.0. The average molecular weight is 209 g/mol. The third-order valence-electron chi connectivity index (χ3n) is 2.24. The van der Waals surface area contributed by atoms with Gasteiger partial charge in [0.2, 0.25) is 0 Å². The van der Waals surface area contributed by atoms with Gasteiger partial charge in [-0.2, -0.15) is 0 Å². The molecule has 0 aromatic carbocycles. The molecule has 1 fully saturated rings. The fourth-order valence-electron chi connectivity index (χ4n) is 1.39. The number of nitrogens with zero attached hydrogens (tertiary/aromatic N) is 2. The first-order chi connectivity index (χ1) is 7.25. The van der Waals surface area contributed by atoms with E-state index in [0.29, 0.717) is 17.3 Å². The van der Waals surface area contributed by atoms with Gasteiger partial charge in [-0.1, -0.05) is 0 Å². The summed E-state index contributed by atoms with van der Waals surface area (Å²) in [5, 5.41) is 2.04. The predicted molar refractivity (Wildman–Crippen MR) is 59.1 cm³/mol. The van der Waals surface area contributed by atoms with Gasteiger partial charge in [-0.05, 0) is 12.1 Å². The van der Waals surface area contributed by atoms with Crippen LogP contribution < -0.4 is 16.9 Å². The topological polar surface area (TPSA) is 89.4 Å². The number of nitrogens with one attached hydrogen (secondary N) is 1. The van der Waals surface area contributed by atoms with Crippen LogP contribution in [0.4, 0.5) is 17.3 Å². The van der Waals surface area contributed by atoms with Crippen LogP contribution in [0.5, 0.6) is 0 Å². The van der Waals surface area contributed by atoms with E-state index in [-0.39, 0.29) is 0 Å². The Labute approximate surface area is 88.2 Å². The van der Waals surface area contributed by atoms with Crippen molar-refractivity contribution in [1.29, 1.82) is 0 Å². The number of nitrogen functional groups attached to an aromatic ring is 2. The molecular weight excluding hydrogens is 194 g/mol. The summed E-state index contributed by atoms with van der Waals surface area (Å²) in [4.78, 5) is 4.13. The minimum atomic E-state index is 0.355. The number of hydrogen-bond donors (Lipinski definition) is 3. The maximum absolute atomic E-state index is 5.61. The van der Waals surface area contributed by atoms with Crippen LogP contribution in [0.15, 0.2) is 12.1 Å². The SMILES string of the molecule is Nc1ccc(NN2CCOCC2)nc1N. The molecule has 5 N–H and O–H groups in total. The van der Waals surface area contributed by atoms with Gasteiger partial charge in [0.25, 0.3) is 0 Å². The zero-order valence-electron chi connectivity index (χ0n) is 8.44. The summed E-state index contributed by atoms with van der Waals surface area (Å²) in [6.45, 7) is 3.15. The number of anilines is 3. The highest BCUT2D eigenvalue weighted by molar-refractivity contribution is 5.61. The lowest BCUT2D eigenvalue weighted by Crippen LogP contribution is -2.40. The molecule has 0 spiro atoms. The van der Waals surface area contributed by atoms with Crippen LogP contribution in [-0.4, -0.2) is 36.3 Å². The third-order valence-corrected chi connectivity index (χ3v) is 2.24. The highest BCUT2D eigenvalue weighted by Gasteiger charge is 2.10. The number of nitrogens with two attached hydrogens (primary N) is 2. The Morgan fingerprint density at radius 2 is 2.00 bits per heavy atom. The third kappa shape index (κ3) is 2.48. The van der Waals surface area contributed by atoms with Crippen LogP contribution >= 0.6 is 0 Å². The number of ether oxygens (including phenoxy) is 1. The molecule has 2 heterocycles. The number of morpholine rings is 1. The molecule has 1 aliphatic heterocycles. The molecule has 1 aromatic heterocycles. The average Bonchev–Trinajstić information content (AvgIpc) is 2.25. The molecule has 0 amide bonds. The maximum Gasteiger partial charge on any atom is 0.149 e. The number of aromatic nitrogens is 1. The van der Waals surface area contributed by atoms with Crippen molar-refractivity contribution in [1.82, 2.24) is 9.99 Å². The second kappa shape index (κ2) is 4.33. The molecule has 15 heavy (non-hydrogen) atoms. The molecule has 0 aliphatic carbocycles. The summed E-state index contributed by atoms with van der Waals surface area (Å²) in [6, 6.07) is 3.55. The van der Waals surface area contributed by atoms with Crippen molar-refractivity contribution < 1.29 is 4.74 Å². The zero-order valence-corrected chi connectivity index (χ0v) is 8.44. The van der Waals surface area contributed by atoms with E-state index in [1.807, 2.05) is 5.01 Å². The van der Waals surface area contributed by atoms with E-state index in [9.17, 15) is 0 Å². The minimum Gasteiger partial charge on any atom is -0.396 e. The smallest absolute Gasteiger partial charge is 0.149 e. The Balaban J connectivity index is 2.00. The Hall–Kier alpha value is -1.53. The van der Waals surface area contributed by atoms with E-state index in [1.165, 1.54) is 0 Å². The zero-order chi connectivity index (χ0) is 10.7. The Morgan fingerprint density at radius 3 is 2.67 bits per heavy atom. The molecule has 2 rings (SSSR count). The van der Waals surface area contributed by atoms with Crippen molar-refractivity contribution in [3.63, 3.8) is 0 Å². The van der Waals surface area contributed by atoms with Crippen LogP contribution in [0.1, 0.15) is 0 Å². The largest absolute Gasteiger partial charge is 0.396 e. The molecule has 0 saturated carbocycles. The minimum absolute atomic E-state index is 0.355. The van der Waals surface area contributed by atoms with E-state index < -0.39 is 0 Å². The summed E-state index contributed by atoms with van der Waals surface area (Å²) in [6.07, 6.45) is 0. The standard InChI is InChI=1S/C9H15N5O/c10-7-1-2-8(12-9(7)11)13-14-3-5-15-6-4-14/h1-2H,3-6,10H2,(H3,11,12,13). The van der Waals surface area contributed by atoms with Gasteiger partial charge in [-0.25, -0.2) is 9.99 Å². The van der Waals surface area contributed by atoms with E-state index in [4.69, 9.17) is 16.2 Å². The summed E-state index contributed by atoms with van der Waals surface area (Å²) in [5.41, 5.74) is 14.8. The van der Waals surface area contributed by atoms with Gasteiger partial charge in [0.15, 0.2) is 0 Å². The highest BCUT2D eigenvalue weighted by Crippen LogP contribution is 2.15. The quantitative estimate of drug-likeness (QED) is 0.630. The lowest BCUT2D eigenvalue weighted by molar-refractivity contribution is 0.0495. The number of hydrazine groups is 1. The van der Waals surface area contributed by atoms with Crippen molar-refractivity contribution >= 4 is 17.3 Å². The van der Waals surface area contributed by atoms with Gasteiger partial charge in [0.1, 0.15) is 11.6 Å². The summed E-state index contributed by atoms with van der Waals surface area (Å²) in [7, 11) is 0. The summed E-state index contributed by atoms with van der Waals surface area (Å²) in [5.74, 6) is 1.07. The van der Waals surface area contributed by atoms with E-state index in [2.05, 4.69) is 10.4 Å². The molecule has 1 aromatic rings. The number of hydrogen-bond acceptors (Lipinski definition) is 6. The first-order valence-corrected chi connectivity index (χ1v) is 4.87. The first-order valence-electron chi connectivity index (χ1n) is 4.87. The molecule has 0 radical (unpaired) electrons. The van der Waals surface area contributed by atoms with Crippen LogP contribution in [-0.2, 0) is 4.74 Å². The van der Waals surface area contributed by atoms with E-state index >= 15 is 0 Å². The Kier molecular flexibility index (Phi) is 2.89. The molecule has 82 valence electrons.